The Hall–Kier alpha value is -0.163. The molecule has 0 N–H and O–H groups in total. The number of allylic oxidation sites excluding steroid dienone is 1. The molecule has 0 fully saturated rings. The average Bonchev–Trinajstić information content (AvgIpc) is 2.76. The van der Waals surface area contributed by atoms with Crippen LogP contribution < -0.4 is 0 Å². The number of rotatable bonds is 25. The minimum atomic E-state index is -2.79. The first-order chi connectivity index (χ1) is 15.1. The Balaban J connectivity index is 4.45. The van der Waals surface area contributed by atoms with Crippen LogP contribution in [0.2, 0.25) is 0 Å². The van der Waals surface area contributed by atoms with Crippen molar-refractivity contribution in [3.8, 4) is 0 Å². The van der Waals surface area contributed by atoms with Crippen molar-refractivity contribution < 1.29 is 13.3 Å². The van der Waals surface area contributed by atoms with Crippen LogP contribution in [-0.4, -0.2) is 28.6 Å². The molecule has 0 heterocycles. The summed E-state index contributed by atoms with van der Waals surface area (Å²) in [5.41, 5.74) is 0. The standard InChI is InChI=1S/C27H56O3Si/c1-6-9-12-15-18-21-24-28-31(27(4)5,29-25-22-19-16-13-10-7-2)30-26-23-20-17-14-11-8-3/h4,6-26H2,1-3,5H3. The molecule has 0 saturated carbocycles. The lowest BCUT2D eigenvalue weighted by Crippen LogP contribution is -2.48. The van der Waals surface area contributed by atoms with Gasteiger partial charge in [-0.05, 0) is 31.4 Å². The van der Waals surface area contributed by atoms with Crippen LogP contribution in [0.4, 0.5) is 0 Å². The smallest absolute Gasteiger partial charge is 0.370 e. The second-order valence-electron chi connectivity index (χ2n) is 9.19. The van der Waals surface area contributed by atoms with Gasteiger partial charge in [-0.1, -0.05) is 124 Å². The molecule has 31 heavy (non-hydrogen) atoms. The number of hydrogen-bond donors (Lipinski definition) is 0. The molecule has 0 aromatic heterocycles. The van der Waals surface area contributed by atoms with Crippen LogP contribution in [0.1, 0.15) is 143 Å². The first-order valence-electron chi connectivity index (χ1n) is 13.7. The number of unbranched alkanes of at least 4 members (excludes halogenated alkanes) is 15. The predicted molar refractivity (Wildman–Crippen MR) is 139 cm³/mol. The molecule has 0 aromatic carbocycles. The van der Waals surface area contributed by atoms with E-state index in [0.717, 1.165) is 44.3 Å². The first-order valence-corrected chi connectivity index (χ1v) is 15.4. The molecule has 0 rings (SSSR count). The van der Waals surface area contributed by atoms with E-state index in [1.54, 1.807) is 0 Å². The van der Waals surface area contributed by atoms with Crippen LogP contribution in [0, 0.1) is 0 Å². The van der Waals surface area contributed by atoms with Crippen LogP contribution >= 0.6 is 0 Å². The Kier molecular flexibility index (Phi) is 22.9. The van der Waals surface area contributed by atoms with Crippen LogP contribution in [0.5, 0.6) is 0 Å². The summed E-state index contributed by atoms with van der Waals surface area (Å²) in [5.74, 6) is 0. The van der Waals surface area contributed by atoms with Crippen molar-refractivity contribution in [3.05, 3.63) is 11.8 Å². The normalized spacial score (nSPS) is 11.9. The molecule has 4 heteroatoms. The van der Waals surface area contributed by atoms with Crippen LogP contribution in [0.3, 0.4) is 0 Å². The van der Waals surface area contributed by atoms with Crippen molar-refractivity contribution in [3.63, 3.8) is 0 Å². The zero-order valence-corrected chi connectivity index (χ0v) is 22.8. The van der Waals surface area contributed by atoms with Gasteiger partial charge in [0.1, 0.15) is 0 Å². The van der Waals surface area contributed by atoms with E-state index in [-0.39, 0.29) is 0 Å². The van der Waals surface area contributed by atoms with E-state index in [2.05, 4.69) is 27.4 Å². The third-order valence-electron chi connectivity index (χ3n) is 5.89. The number of hydrogen-bond acceptors (Lipinski definition) is 3. The van der Waals surface area contributed by atoms with Gasteiger partial charge in [-0.2, -0.15) is 0 Å². The minimum Gasteiger partial charge on any atom is -0.370 e. The molecule has 3 nitrogen and oxygen atoms in total. The van der Waals surface area contributed by atoms with Crippen molar-refractivity contribution in [1.82, 2.24) is 0 Å². The van der Waals surface area contributed by atoms with E-state index in [0.29, 0.717) is 0 Å². The third-order valence-corrected chi connectivity index (χ3v) is 8.69. The van der Waals surface area contributed by atoms with Crippen molar-refractivity contribution in [1.29, 1.82) is 0 Å². The van der Waals surface area contributed by atoms with Crippen LogP contribution in [0.25, 0.3) is 0 Å². The molecule has 0 aromatic rings. The Labute approximate surface area is 197 Å². The Morgan fingerprint density at radius 2 is 0.742 bits per heavy atom. The van der Waals surface area contributed by atoms with Gasteiger partial charge in [0.05, 0.1) is 0 Å². The molecule has 0 saturated heterocycles. The highest BCUT2D eigenvalue weighted by Gasteiger charge is 2.42. The molecule has 0 amide bonds. The molecule has 0 aliphatic rings. The van der Waals surface area contributed by atoms with Gasteiger partial charge in [0.2, 0.25) is 0 Å². The monoisotopic (exact) mass is 456 g/mol. The van der Waals surface area contributed by atoms with E-state index in [4.69, 9.17) is 13.3 Å². The zero-order chi connectivity index (χ0) is 23.0. The van der Waals surface area contributed by atoms with E-state index in [1.165, 1.54) is 96.3 Å². The van der Waals surface area contributed by atoms with Gasteiger partial charge in [-0.3, -0.25) is 0 Å². The van der Waals surface area contributed by atoms with Gasteiger partial charge in [0.15, 0.2) is 0 Å². The second-order valence-corrected chi connectivity index (χ2v) is 12.0. The van der Waals surface area contributed by atoms with Crippen molar-refractivity contribution >= 4 is 8.80 Å². The van der Waals surface area contributed by atoms with Crippen molar-refractivity contribution in [2.45, 2.75) is 143 Å². The van der Waals surface area contributed by atoms with Crippen LogP contribution in [0.15, 0.2) is 11.8 Å². The summed E-state index contributed by atoms with van der Waals surface area (Å²) in [7, 11) is -2.79. The van der Waals surface area contributed by atoms with Gasteiger partial charge in [-0.15, -0.1) is 0 Å². The molecule has 186 valence electrons. The van der Waals surface area contributed by atoms with E-state index >= 15 is 0 Å². The summed E-state index contributed by atoms with van der Waals surface area (Å²) < 4.78 is 19.1. The second kappa shape index (κ2) is 23.0. The van der Waals surface area contributed by atoms with Gasteiger partial charge in [-0.25, -0.2) is 0 Å². The highest BCUT2D eigenvalue weighted by molar-refractivity contribution is 6.68. The maximum atomic E-state index is 6.38. The fourth-order valence-corrected chi connectivity index (χ4v) is 5.99. The quantitative estimate of drug-likeness (QED) is 0.101. The Bertz CT molecular complexity index is 341. The molecular weight excluding hydrogens is 400 g/mol. The maximum absolute atomic E-state index is 6.38. The van der Waals surface area contributed by atoms with E-state index in [1.807, 2.05) is 6.92 Å². The van der Waals surface area contributed by atoms with Gasteiger partial charge in [0.25, 0.3) is 0 Å². The van der Waals surface area contributed by atoms with Gasteiger partial charge in [0, 0.05) is 19.8 Å². The molecule has 0 radical (unpaired) electrons. The fraction of sp³-hybridized carbons (Fsp3) is 0.926. The predicted octanol–water partition coefficient (Wildman–Crippen LogP) is 9.17. The summed E-state index contributed by atoms with van der Waals surface area (Å²) in [5, 5.41) is 0.968. The summed E-state index contributed by atoms with van der Waals surface area (Å²) in [6, 6.07) is 0. The molecule has 0 spiro atoms. The molecule has 0 aliphatic heterocycles. The Morgan fingerprint density at radius 1 is 0.484 bits per heavy atom. The molecule has 0 bridgehead atoms. The first kappa shape index (κ1) is 30.8. The topological polar surface area (TPSA) is 27.7 Å². The van der Waals surface area contributed by atoms with E-state index < -0.39 is 8.80 Å². The van der Waals surface area contributed by atoms with Gasteiger partial charge < -0.3 is 13.3 Å². The summed E-state index contributed by atoms with van der Waals surface area (Å²) in [6.45, 7) is 15.3. The third kappa shape index (κ3) is 18.0. The summed E-state index contributed by atoms with van der Waals surface area (Å²) in [6.07, 6.45) is 22.8. The molecule has 0 atom stereocenters. The summed E-state index contributed by atoms with van der Waals surface area (Å²) in [4.78, 5) is 0. The van der Waals surface area contributed by atoms with Crippen molar-refractivity contribution in [2.75, 3.05) is 19.8 Å². The molecule has 0 aliphatic carbocycles. The highest BCUT2D eigenvalue weighted by Crippen LogP contribution is 2.21. The summed E-state index contributed by atoms with van der Waals surface area (Å²) >= 11 is 0. The average molecular weight is 457 g/mol. The molecular formula is C27H56O3Si. The SMILES string of the molecule is C=C(C)[Si](OCCCCCCCC)(OCCCCCCCC)OCCCCCCCC. The molecule has 0 unspecified atom stereocenters. The zero-order valence-electron chi connectivity index (χ0n) is 21.8. The Morgan fingerprint density at radius 3 is 1.00 bits per heavy atom. The van der Waals surface area contributed by atoms with E-state index in [9.17, 15) is 0 Å². The maximum Gasteiger partial charge on any atom is 0.532 e. The lowest BCUT2D eigenvalue weighted by molar-refractivity contribution is 0.0641. The lowest BCUT2D eigenvalue weighted by Gasteiger charge is -2.30. The van der Waals surface area contributed by atoms with Gasteiger partial charge >= 0.3 is 8.80 Å². The van der Waals surface area contributed by atoms with Crippen LogP contribution in [-0.2, 0) is 13.3 Å². The van der Waals surface area contributed by atoms with Crippen molar-refractivity contribution in [2.24, 2.45) is 0 Å². The fourth-order valence-electron chi connectivity index (χ4n) is 3.76. The highest BCUT2D eigenvalue weighted by atomic mass is 28.4. The largest absolute Gasteiger partial charge is 0.532 e. The minimum absolute atomic E-state index is 0.734. The lowest BCUT2D eigenvalue weighted by atomic mass is 10.1.